The van der Waals surface area contributed by atoms with E-state index in [1.165, 1.54) is 6.07 Å². The van der Waals surface area contributed by atoms with Gasteiger partial charge in [0.2, 0.25) is 5.91 Å². The molecule has 1 heterocycles. The van der Waals surface area contributed by atoms with E-state index in [4.69, 9.17) is 0 Å². The number of carbonyl (C=O) groups is 1. The lowest BCUT2D eigenvalue weighted by Gasteiger charge is -2.33. The maximum atomic E-state index is 12.3. The SMILES string of the molecule is CC1(C(=O)Nc2ccccc2OC(F)F)CCCCN1. The van der Waals surface area contributed by atoms with Crippen LogP contribution in [0.3, 0.4) is 0 Å². The predicted octanol–water partition coefficient (Wildman–Crippen LogP) is 2.76. The number of halogens is 2. The second-order valence-corrected chi connectivity index (χ2v) is 5.04. The summed E-state index contributed by atoms with van der Waals surface area (Å²) in [6.45, 7) is -0.326. The molecule has 2 N–H and O–H groups in total. The van der Waals surface area contributed by atoms with E-state index in [1.807, 2.05) is 6.92 Å². The molecule has 0 saturated carbocycles. The van der Waals surface area contributed by atoms with Gasteiger partial charge in [0.15, 0.2) is 0 Å². The number of anilines is 1. The Morgan fingerprint density at radius 3 is 2.80 bits per heavy atom. The predicted molar refractivity (Wildman–Crippen MR) is 72.0 cm³/mol. The molecule has 1 aliphatic heterocycles. The van der Waals surface area contributed by atoms with Crippen LogP contribution in [0.2, 0.25) is 0 Å². The fraction of sp³-hybridized carbons (Fsp3) is 0.500. The third kappa shape index (κ3) is 3.45. The molecule has 1 aliphatic rings. The summed E-state index contributed by atoms with van der Waals surface area (Å²) < 4.78 is 29.0. The van der Waals surface area contributed by atoms with Crippen molar-refractivity contribution in [3.05, 3.63) is 24.3 Å². The zero-order valence-electron chi connectivity index (χ0n) is 11.3. The summed E-state index contributed by atoms with van der Waals surface area (Å²) >= 11 is 0. The number of benzene rings is 1. The number of nitrogens with one attached hydrogen (secondary N) is 2. The van der Waals surface area contributed by atoms with Crippen LogP contribution in [-0.2, 0) is 4.79 Å². The van der Waals surface area contributed by atoms with Crippen molar-refractivity contribution in [3.63, 3.8) is 0 Å². The monoisotopic (exact) mass is 284 g/mol. The Labute approximate surface area is 116 Å². The van der Waals surface area contributed by atoms with Crippen molar-refractivity contribution < 1.29 is 18.3 Å². The van der Waals surface area contributed by atoms with Crippen LogP contribution < -0.4 is 15.4 Å². The highest BCUT2D eigenvalue weighted by atomic mass is 19.3. The van der Waals surface area contributed by atoms with Crippen molar-refractivity contribution in [2.75, 3.05) is 11.9 Å². The van der Waals surface area contributed by atoms with Crippen LogP contribution in [0.5, 0.6) is 5.75 Å². The molecule has 1 amide bonds. The van der Waals surface area contributed by atoms with Crippen molar-refractivity contribution in [2.24, 2.45) is 0 Å². The van der Waals surface area contributed by atoms with Crippen LogP contribution in [0, 0.1) is 0 Å². The van der Waals surface area contributed by atoms with E-state index in [9.17, 15) is 13.6 Å². The average molecular weight is 284 g/mol. The summed E-state index contributed by atoms with van der Waals surface area (Å²) in [5.41, 5.74) is -0.415. The van der Waals surface area contributed by atoms with Crippen molar-refractivity contribution >= 4 is 11.6 Å². The summed E-state index contributed by atoms with van der Waals surface area (Å²) in [4.78, 5) is 12.3. The summed E-state index contributed by atoms with van der Waals surface area (Å²) in [6, 6.07) is 6.18. The average Bonchev–Trinajstić information content (AvgIpc) is 2.41. The molecule has 0 aromatic heterocycles. The second-order valence-electron chi connectivity index (χ2n) is 5.04. The standard InChI is InChI=1S/C14H18F2N2O2/c1-14(8-4-5-9-17-14)12(19)18-10-6-2-3-7-11(10)20-13(15)16/h2-3,6-7,13,17H,4-5,8-9H2,1H3,(H,18,19). The molecule has 20 heavy (non-hydrogen) atoms. The molecule has 4 nitrogen and oxygen atoms in total. The Hall–Kier alpha value is -1.69. The molecule has 1 saturated heterocycles. The molecule has 2 rings (SSSR count). The van der Waals surface area contributed by atoms with Gasteiger partial charge in [-0.1, -0.05) is 12.1 Å². The minimum atomic E-state index is -2.92. The van der Waals surface area contributed by atoms with Crippen LogP contribution in [-0.4, -0.2) is 24.6 Å². The Kier molecular flexibility index (Phi) is 4.54. The molecule has 1 aromatic rings. The van der Waals surface area contributed by atoms with Gasteiger partial charge in [-0.05, 0) is 44.9 Å². The maximum absolute atomic E-state index is 12.3. The molecular weight excluding hydrogens is 266 g/mol. The number of ether oxygens (including phenoxy) is 1. The normalized spacial score (nSPS) is 22.6. The Morgan fingerprint density at radius 1 is 1.40 bits per heavy atom. The first-order valence-corrected chi connectivity index (χ1v) is 6.61. The van der Waals surface area contributed by atoms with Crippen LogP contribution in [0.25, 0.3) is 0 Å². The number of carbonyl (C=O) groups excluding carboxylic acids is 1. The van der Waals surface area contributed by atoms with E-state index in [2.05, 4.69) is 15.4 Å². The van der Waals surface area contributed by atoms with Crippen molar-refractivity contribution in [3.8, 4) is 5.75 Å². The number of piperidine rings is 1. The number of hydrogen-bond acceptors (Lipinski definition) is 3. The van der Waals surface area contributed by atoms with Crippen molar-refractivity contribution in [1.82, 2.24) is 5.32 Å². The molecule has 110 valence electrons. The van der Waals surface area contributed by atoms with Gasteiger partial charge in [0.05, 0.1) is 11.2 Å². The van der Waals surface area contributed by atoms with Gasteiger partial charge in [-0.15, -0.1) is 0 Å². The summed E-state index contributed by atoms with van der Waals surface area (Å²) in [6.07, 6.45) is 2.72. The fourth-order valence-corrected chi connectivity index (χ4v) is 2.28. The Balaban J connectivity index is 2.11. The molecule has 0 radical (unpaired) electrons. The quantitative estimate of drug-likeness (QED) is 0.894. The van der Waals surface area contributed by atoms with Gasteiger partial charge in [-0.2, -0.15) is 8.78 Å². The van der Waals surface area contributed by atoms with Crippen LogP contribution >= 0.6 is 0 Å². The van der Waals surface area contributed by atoms with Gasteiger partial charge in [0.25, 0.3) is 0 Å². The van der Waals surface area contributed by atoms with E-state index in [0.717, 1.165) is 25.8 Å². The first-order valence-electron chi connectivity index (χ1n) is 6.61. The highest BCUT2D eigenvalue weighted by Crippen LogP contribution is 2.27. The molecule has 0 bridgehead atoms. The molecule has 1 unspecified atom stereocenters. The van der Waals surface area contributed by atoms with Gasteiger partial charge in [-0.25, -0.2) is 0 Å². The van der Waals surface area contributed by atoms with Crippen molar-refractivity contribution in [2.45, 2.75) is 38.3 Å². The zero-order valence-corrected chi connectivity index (χ0v) is 11.3. The Morgan fingerprint density at radius 2 is 2.15 bits per heavy atom. The van der Waals surface area contributed by atoms with E-state index < -0.39 is 12.2 Å². The minimum absolute atomic E-state index is 0.0322. The highest BCUT2D eigenvalue weighted by molar-refractivity contribution is 5.98. The topological polar surface area (TPSA) is 50.4 Å². The van der Waals surface area contributed by atoms with Crippen LogP contribution in [0.15, 0.2) is 24.3 Å². The fourth-order valence-electron chi connectivity index (χ4n) is 2.28. The lowest BCUT2D eigenvalue weighted by Crippen LogP contribution is -2.54. The van der Waals surface area contributed by atoms with Gasteiger partial charge in [-0.3, -0.25) is 4.79 Å². The van der Waals surface area contributed by atoms with Gasteiger partial charge >= 0.3 is 6.61 Å². The molecule has 0 aliphatic carbocycles. The smallest absolute Gasteiger partial charge is 0.387 e. The number of rotatable bonds is 4. The third-order valence-electron chi connectivity index (χ3n) is 3.47. The largest absolute Gasteiger partial charge is 0.433 e. The molecule has 1 fully saturated rings. The zero-order chi connectivity index (χ0) is 14.6. The molecule has 6 heteroatoms. The molecule has 1 atom stereocenters. The van der Waals surface area contributed by atoms with Gasteiger partial charge in [0, 0.05) is 0 Å². The van der Waals surface area contributed by atoms with Crippen LogP contribution in [0.1, 0.15) is 26.2 Å². The van der Waals surface area contributed by atoms with Crippen molar-refractivity contribution in [1.29, 1.82) is 0 Å². The summed E-state index contributed by atoms with van der Waals surface area (Å²) in [5.74, 6) is -0.266. The number of para-hydroxylation sites is 2. The van der Waals surface area contributed by atoms with Crippen LogP contribution in [0.4, 0.5) is 14.5 Å². The minimum Gasteiger partial charge on any atom is -0.433 e. The molecule has 1 aromatic carbocycles. The summed E-state index contributed by atoms with van der Waals surface area (Å²) in [7, 11) is 0. The maximum Gasteiger partial charge on any atom is 0.387 e. The summed E-state index contributed by atoms with van der Waals surface area (Å²) in [5, 5.41) is 5.84. The lowest BCUT2D eigenvalue weighted by atomic mass is 9.90. The van der Waals surface area contributed by atoms with E-state index in [1.54, 1.807) is 18.2 Å². The van der Waals surface area contributed by atoms with E-state index in [0.29, 0.717) is 0 Å². The molecular formula is C14H18F2N2O2. The number of hydrogen-bond donors (Lipinski definition) is 2. The van der Waals surface area contributed by atoms with E-state index >= 15 is 0 Å². The lowest BCUT2D eigenvalue weighted by molar-refractivity contribution is -0.122. The van der Waals surface area contributed by atoms with E-state index in [-0.39, 0.29) is 17.3 Å². The van der Waals surface area contributed by atoms with Gasteiger partial charge in [0.1, 0.15) is 5.75 Å². The molecule has 0 spiro atoms. The number of alkyl halides is 2. The second kappa shape index (κ2) is 6.17. The number of amides is 1. The first-order chi connectivity index (χ1) is 9.51. The third-order valence-corrected chi connectivity index (χ3v) is 3.47. The van der Waals surface area contributed by atoms with Gasteiger partial charge < -0.3 is 15.4 Å². The highest BCUT2D eigenvalue weighted by Gasteiger charge is 2.34. The Bertz CT molecular complexity index is 474. The first kappa shape index (κ1) is 14.7.